The number of hydrogen-bond acceptors (Lipinski definition) is 3. The van der Waals surface area contributed by atoms with Crippen LogP contribution in [0.15, 0.2) is 24.3 Å². The summed E-state index contributed by atoms with van der Waals surface area (Å²) in [6.07, 6.45) is 1.78. The summed E-state index contributed by atoms with van der Waals surface area (Å²) >= 11 is 0. The average molecular weight is 208 g/mol. The van der Waals surface area contributed by atoms with Crippen LogP contribution in [-0.4, -0.2) is 17.3 Å². The van der Waals surface area contributed by atoms with E-state index in [1.54, 1.807) is 0 Å². The molecule has 0 spiro atoms. The summed E-state index contributed by atoms with van der Waals surface area (Å²) in [6, 6.07) is 7.52. The van der Waals surface area contributed by atoms with Gasteiger partial charge >= 0.3 is 0 Å². The second-order valence-electron chi connectivity index (χ2n) is 4.22. The van der Waals surface area contributed by atoms with Crippen LogP contribution in [0.2, 0.25) is 0 Å². The van der Waals surface area contributed by atoms with Gasteiger partial charge in [-0.1, -0.05) is 13.3 Å². The molecule has 84 valence electrons. The van der Waals surface area contributed by atoms with Crippen molar-refractivity contribution in [1.29, 1.82) is 0 Å². The largest absolute Gasteiger partial charge is 0.399 e. The Hall–Kier alpha value is -1.22. The summed E-state index contributed by atoms with van der Waals surface area (Å²) in [7, 11) is 0. The standard InChI is InChI=1S/C12H20N2O/c1-3-8-12(2,15)9-14-11-6-4-10(13)5-7-11/h4-7,14-15H,3,8-9,13H2,1-2H3. The van der Waals surface area contributed by atoms with Gasteiger partial charge < -0.3 is 16.2 Å². The van der Waals surface area contributed by atoms with Crippen molar-refractivity contribution in [2.75, 3.05) is 17.6 Å². The molecule has 0 aromatic heterocycles. The normalized spacial score (nSPS) is 14.6. The molecule has 3 heteroatoms. The van der Waals surface area contributed by atoms with Crippen molar-refractivity contribution in [2.24, 2.45) is 0 Å². The van der Waals surface area contributed by atoms with Crippen LogP contribution in [0.4, 0.5) is 11.4 Å². The Morgan fingerprint density at radius 3 is 2.47 bits per heavy atom. The molecule has 0 heterocycles. The zero-order chi connectivity index (χ0) is 11.3. The van der Waals surface area contributed by atoms with E-state index < -0.39 is 5.60 Å². The second kappa shape index (κ2) is 5.03. The topological polar surface area (TPSA) is 58.3 Å². The van der Waals surface area contributed by atoms with Gasteiger partial charge in [0.15, 0.2) is 0 Å². The number of aliphatic hydroxyl groups is 1. The second-order valence-corrected chi connectivity index (χ2v) is 4.22. The minimum Gasteiger partial charge on any atom is -0.399 e. The SMILES string of the molecule is CCCC(C)(O)CNc1ccc(N)cc1. The molecule has 0 saturated heterocycles. The van der Waals surface area contributed by atoms with Crippen LogP contribution < -0.4 is 11.1 Å². The van der Waals surface area contributed by atoms with Crippen LogP contribution in [0.25, 0.3) is 0 Å². The lowest BCUT2D eigenvalue weighted by Crippen LogP contribution is -2.33. The molecule has 1 atom stereocenters. The Labute approximate surface area is 91.3 Å². The molecule has 1 aromatic rings. The van der Waals surface area contributed by atoms with Crippen LogP contribution >= 0.6 is 0 Å². The fraction of sp³-hybridized carbons (Fsp3) is 0.500. The van der Waals surface area contributed by atoms with Gasteiger partial charge in [0, 0.05) is 17.9 Å². The van der Waals surface area contributed by atoms with Gasteiger partial charge in [-0.3, -0.25) is 0 Å². The van der Waals surface area contributed by atoms with E-state index in [4.69, 9.17) is 5.73 Å². The van der Waals surface area contributed by atoms with E-state index in [1.165, 1.54) is 0 Å². The summed E-state index contributed by atoms with van der Waals surface area (Å²) in [5, 5.41) is 13.1. The molecule has 0 bridgehead atoms. The van der Waals surface area contributed by atoms with Crippen molar-refractivity contribution in [3.05, 3.63) is 24.3 Å². The molecule has 4 N–H and O–H groups in total. The van der Waals surface area contributed by atoms with Crippen molar-refractivity contribution >= 4 is 11.4 Å². The van der Waals surface area contributed by atoms with Crippen LogP contribution in [-0.2, 0) is 0 Å². The Kier molecular flexibility index (Phi) is 3.97. The van der Waals surface area contributed by atoms with Gasteiger partial charge in [-0.25, -0.2) is 0 Å². The molecule has 1 rings (SSSR count). The Bertz CT molecular complexity index is 293. The lowest BCUT2D eigenvalue weighted by atomic mass is 10.0. The van der Waals surface area contributed by atoms with Gasteiger partial charge in [-0.15, -0.1) is 0 Å². The molecule has 0 saturated carbocycles. The van der Waals surface area contributed by atoms with Gasteiger partial charge in [0.25, 0.3) is 0 Å². The first kappa shape index (κ1) is 11.9. The molecule has 1 unspecified atom stereocenters. The highest BCUT2D eigenvalue weighted by atomic mass is 16.3. The molecule has 0 aliphatic heterocycles. The van der Waals surface area contributed by atoms with E-state index in [0.29, 0.717) is 6.54 Å². The summed E-state index contributed by atoms with van der Waals surface area (Å²) in [4.78, 5) is 0. The number of benzene rings is 1. The van der Waals surface area contributed by atoms with Crippen LogP contribution in [0.1, 0.15) is 26.7 Å². The number of nitrogens with two attached hydrogens (primary N) is 1. The minimum absolute atomic E-state index is 0.560. The van der Waals surface area contributed by atoms with Crippen LogP contribution in [0, 0.1) is 0 Å². The quantitative estimate of drug-likeness (QED) is 0.650. The summed E-state index contributed by atoms with van der Waals surface area (Å²) in [5.41, 5.74) is 6.67. The highest BCUT2D eigenvalue weighted by molar-refractivity contribution is 5.51. The van der Waals surface area contributed by atoms with Crippen molar-refractivity contribution in [3.8, 4) is 0 Å². The lowest BCUT2D eigenvalue weighted by molar-refractivity contribution is 0.0637. The van der Waals surface area contributed by atoms with Gasteiger partial charge in [-0.05, 0) is 37.6 Å². The molecular formula is C12H20N2O. The fourth-order valence-electron chi connectivity index (χ4n) is 1.52. The molecule has 0 amide bonds. The predicted octanol–water partition coefficient (Wildman–Crippen LogP) is 2.23. The molecule has 3 nitrogen and oxygen atoms in total. The summed E-state index contributed by atoms with van der Waals surface area (Å²) in [6.45, 7) is 4.48. The van der Waals surface area contributed by atoms with Gasteiger partial charge in [0.1, 0.15) is 0 Å². The van der Waals surface area contributed by atoms with E-state index in [0.717, 1.165) is 24.2 Å². The Morgan fingerprint density at radius 2 is 1.93 bits per heavy atom. The van der Waals surface area contributed by atoms with Crippen LogP contribution in [0.5, 0.6) is 0 Å². The average Bonchev–Trinajstić information content (AvgIpc) is 2.17. The first-order valence-electron chi connectivity index (χ1n) is 5.35. The summed E-state index contributed by atoms with van der Waals surface area (Å²) < 4.78 is 0. The third-order valence-corrected chi connectivity index (χ3v) is 2.37. The number of anilines is 2. The van der Waals surface area contributed by atoms with Crippen LogP contribution in [0.3, 0.4) is 0 Å². The number of nitrogens with one attached hydrogen (secondary N) is 1. The maximum absolute atomic E-state index is 9.94. The molecule has 1 aromatic carbocycles. The molecule has 15 heavy (non-hydrogen) atoms. The van der Waals surface area contributed by atoms with Gasteiger partial charge in [-0.2, -0.15) is 0 Å². The number of rotatable bonds is 5. The van der Waals surface area contributed by atoms with Crippen molar-refractivity contribution in [3.63, 3.8) is 0 Å². The maximum atomic E-state index is 9.94. The minimum atomic E-state index is -0.643. The zero-order valence-corrected chi connectivity index (χ0v) is 9.46. The van der Waals surface area contributed by atoms with E-state index in [2.05, 4.69) is 12.2 Å². The van der Waals surface area contributed by atoms with E-state index in [1.807, 2.05) is 31.2 Å². The van der Waals surface area contributed by atoms with Crippen molar-refractivity contribution < 1.29 is 5.11 Å². The zero-order valence-electron chi connectivity index (χ0n) is 9.46. The van der Waals surface area contributed by atoms with Gasteiger partial charge in [0.2, 0.25) is 0 Å². The van der Waals surface area contributed by atoms with E-state index in [-0.39, 0.29) is 0 Å². The smallest absolute Gasteiger partial charge is 0.0791 e. The van der Waals surface area contributed by atoms with Crippen molar-refractivity contribution in [2.45, 2.75) is 32.3 Å². The third kappa shape index (κ3) is 4.21. The Balaban J connectivity index is 2.46. The molecule has 0 radical (unpaired) electrons. The predicted molar refractivity (Wildman–Crippen MR) is 64.9 cm³/mol. The highest BCUT2D eigenvalue weighted by Gasteiger charge is 2.18. The molecule has 0 fully saturated rings. The number of nitrogen functional groups attached to an aromatic ring is 1. The molecular weight excluding hydrogens is 188 g/mol. The first-order chi connectivity index (χ1) is 7.03. The van der Waals surface area contributed by atoms with Gasteiger partial charge in [0.05, 0.1) is 5.60 Å². The summed E-state index contributed by atoms with van der Waals surface area (Å²) in [5.74, 6) is 0. The van der Waals surface area contributed by atoms with Crippen molar-refractivity contribution in [1.82, 2.24) is 0 Å². The maximum Gasteiger partial charge on any atom is 0.0791 e. The first-order valence-corrected chi connectivity index (χ1v) is 5.35. The molecule has 0 aliphatic carbocycles. The van der Waals surface area contributed by atoms with E-state index >= 15 is 0 Å². The van der Waals surface area contributed by atoms with E-state index in [9.17, 15) is 5.11 Å². The fourth-order valence-corrected chi connectivity index (χ4v) is 1.52. The molecule has 0 aliphatic rings. The lowest BCUT2D eigenvalue weighted by Gasteiger charge is -2.23. The third-order valence-electron chi connectivity index (χ3n) is 2.37. The highest BCUT2D eigenvalue weighted by Crippen LogP contribution is 2.15. The monoisotopic (exact) mass is 208 g/mol. The Morgan fingerprint density at radius 1 is 1.33 bits per heavy atom. The number of hydrogen-bond donors (Lipinski definition) is 3.